The summed E-state index contributed by atoms with van der Waals surface area (Å²) in [6, 6.07) is 86.2. The van der Waals surface area contributed by atoms with Gasteiger partial charge in [-0.1, -0.05) is 217 Å². The molecular formula is C74H60N4. The van der Waals surface area contributed by atoms with Gasteiger partial charge in [0.25, 0.3) is 0 Å². The summed E-state index contributed by atoms with van der Waals surface area (Å²) in [4.78, 5) is 5.06. The number of hydrogen-bond acceptors (Lipinski definition) is 2. The van der Waals surface area contributed by atoms with Crippen LogP contribution in [0.15, 0.2) is 237 Å². The third-order valence-electron chi connectivity index (χ3n) is 17.1. The summed E-state index contributed by atoms with van der Waals surface area (Å²) in [7, 11) is 0. The van der Waals surface area contributed by atoms with E-state index in [1.807, 2.05) is 0 Å². The second kappa shape index (κ2) is 17.2. The molecule has 1 aliphatic heterocycles. The van der Waals surface area contributed by atoms with Crippen molar-refractivity contribution in [3.05, 3.63) is 265 Å². The lowest BCUT2D eigenvalue weighted by Gasteiger charge is -2.38. The Morgan fingerprint density at radius 2 is 0.923 bits per heavy atom. The molecular weight excluding hydrogens is 945 g/mol. The number of nitrogens with zero attached hydrogens (tertiary/aromatic N) is 4. The van der Waals surface area contributed by atoms with Gasteiger partial charge >= 0.3 is 0 Å². The summed E-state index contributed by atoms with van der Waals surface area (Å²) in [5.74, 6) is 0.0218. The van der Waals surface area contributed by atoms with Gasteiger partial charge < -0.3 is 18.8 Å². The van der Waals surface area contributed by atoms with Crippen molar-refractivity contribution in [1.82, 2.24) is 8.97 Å². The van der Waals surface area contributed by atoms with Crippen LogP contribution in [0.25, 0.3) is 83.0 Å². The highest BCUT2D eigenvalue weighted by atomic mass is 15.2. The molecule has 2 aliphatic rings. The molecule has 0 saturated carbocycles. The molecule has 3 aromatic heterocycles. The molecule has 2 unspecified atom stereocenters. The molecule has 15 rings (SSSR count). The SMILES string of the molecule is CC(C)(C)c1ccc(N(c2ccccc2)c2ccc3c4c(-c5ccccc5)c5c(c6c7n5-c5ccccc5C7C(N(c5ccccc5)c5ccc(C(C)(C)C)cc5)C=C6)c(-c5ccccc5)c4n4c5ccccc5c2c34)cc1. The molecule has 0 saturated heterocycles. The summed E-state index contributed by atoms with van der Waals surface area (Å²) >= 11 is 0. The zero-order valence-corrected chi connectivity index (χ0v) is 45.0. The molecule has 13 aromatic rings. The van der Waals surface area contributed by atoms with E-state index in [0.717, 1.165) is 17.1 Å². The van der Waals surface area contributed by atoms with E-state index in [0.29, 0.717) is 0 Å². The van der Waals surface area contributed by atoms with Gasteiger partial charge in [-0.3, -0.25) is 0 Å². The van der Waals surface area contributed by atoms with Crippen LogP contribution in [0.2, 0.25) is 0 Å². The first-order chi connectivity index (χ1) is 38.0. The van der Waals surface area contributed by atoms with Crippen LogP contribution in [0.1, 0.15) is 75.4 Å². The maximum Gasteiger partial charge on any atom is 0.0650 e. The second-order valence-electron chi connectivity index (χ2n) is 23.6. The summed E-state index contributed by atoms with van der Waals surface area (Å²) < 4.78 is 5.34. The minimum absolute atomic E-state index is 0.0218. The zero-order chi connectivity index (χ0) is 52.6. The molecule has 0 bridgehead atoms. The van der Waals surface area contributed by atoms with Crippen LogP contribution in [-0.2, 0) is 10.8 Å². The maximum atomic E-state index is 2.69. The fraction of sp³-hybridized carbons (Fsp3) is 0.135. The van der Waals surface area contributed by atoms with E-state index in [-0.39, 0.29) is 22.8 Å². The monoisotopic (exact) mass is 1000 g/mol. The van der Waals surface area contributed by atoms with Crippen molar-refractivity contribution in [1.29, 1.82) is 0 Å². The summed E-state index contributed by atoms with van der Waals surface area (Å²) in [6.45, 7) is 13.8. The predicted octanol–water partition coefficient (Wildman–Crippen LogP) is 19.9. The Labute approximate surface area is 456 Å². The van der Waals surface area contributed by atoms with Crippen molar-refractivity contribution in [2.75, 3.05) is 9.80 Å². The molecule has 1 aliphatic carbocycles. The van der Waals surface area contributed by atoms with Gasteiger partial charge in [0, 0.05) is 77.8 Å². The molecule has 0 N–H and O–H groups in total. The molecule has 0 amide bonds. The first kappa shape index (κ1) is 46.2. The number of aromatic nitrogens is 2. The normalized spacial score (nSPS) is 15.0. The van der Waals surface area contributed by atoms with Crippen LogP contribution in [0.4, 0.5) is 28.4 Å². The van der Waals surface area contributed by atoms with Crippen LogP contribution in [0.5, 0.6) is 0 Å². The second-order valence-corrected chi connectivity index (χ2v) is 23.6. The smallest absolute Gasteiger partial charge is 0.0650 e. The van der Waals surface area contributed by atoms with E-state index < -0.39 is 0 Å². The molecule has 2 atom stereocenters. The minimum atomic E-state index is -0.0244. The largest absolute Gasteiger partial charge is 0.334 e. The van der Waals surface area contributed by atoms with Crippen molar-refractivity contribution < 1.29 is 0 Å². The first-order valence-electron chi connectivity index (χ1n) is 27.7. The van der Waals surface area contributed by atoms with Crippen molar-refractivity contribution in [2.45, 2.75) is 64.3 Å². The number of benzene rings is 10. The molecule has 4 nitrogen and oxygen atoms in total. The van der Waals surface area contributed by atoms with Gasteiger partial charge in [-0.05, 0) is 105 Å². The van der Waals surface area contributed by atoms with Crippen LogP contribution < -0.4 is 9.80 Å². The topological polar surface area (TPSA) is 15.8 Å². The Balaban J connectivity index is 1.09. The fourth-order valence-corrected chi connectivity index (χ4v) is 13.6. The van der Waals surface area contributed by atoms with Crippen molar-refractivity contribution in [3.63, 3.8) is 0 Å². The van der Waals surface area contributed by atoms with E-state index in [9.17, 15) is 0 Å². The Hall–Kier alpha value is -9.12. The minimum Gasteiger partial charge on any atom is -0.334 e. The van der Waals surface area contributed by atoms with Crippen molar-refractivity contribution in [2.24, 2.45) is 0 Å². The molecule has 10 aromatic carbocycles. The molecule has 78 heavy (non-hydrogen) atoms. The maximum absolute atomic E-state index is 2.69. The highest BCUT2D eigenvalue weighted by molar-refractivity contribution is 6.35. The standard InChI is InChI=1S/C74H60N4/c1-73(2,3)49-35-39-53(40-36-49)75(51-27-15-9-16-28-51)61-45-43-57-67-63(47-23-11-7-12-24-47)72-68(64(48-25-13-8-14-26-48)71(67)77-59-33-21-19-31-55(59)65(61)69(57)77)58-44-46-62(66-56-32-20-22-34-60(56)78(72)70(58)66)76(52-29-17-10-18-30-52)54-41-37-50(38-42-54)74(4,5)6/h7-46,61,65H,1-6H3. The third kappa shape index (κ3) is 6.78. The van der Waals surface area contributed by atoms with E-state index in [2.05, 4.69) is 303 Å². The van der Waals surface area contributed by atoms with Crippen LogP contribution in [0.3, 0.4) is 0 Å². The van der Waals surface area contributed by atoms with E-state index in [1.165, 1.54) is 116 Å². The number of hydrogen-bond donors (Lipinski definition) is 0. The van der Waals surface area contributed by atoms with Crippen LogP contribution in [0, 0.1) is 0 Å². The average Bonchev–Trinajstić information content (AvgIpc) is 3.65. The van der Waals surface area contributed by atoms with Gasteiger partial charge in [-0.25, -0.2) is 0 Å². The fourth-order valence-electron chi connectivity index (χ4n) is 13.6. The van der Waals surface area contributed by atoms with Crippen molar-refractivity contribution >= 4 is 83.5 Å². The summed E-state index contributed by atoms with van der Waals surface area (Å²) in [5, 5.41) is 6.27. The highest BCUT2D eigenvalue weighted by Gasteiger charge is 2.44. The molecule has 0 radical (unpaired) electrons. The van der Waals surface area contributed by atoms with Gasteiger partial charge in [-0.15, -0.1) is 0 Å². The van der Waals surface area contributed by atoms with Gasteiger partial charge in [0.15, 0.2) is 0 Å². The Kier molecular flexibility index (Phi) is 10.2. The zero-order valence-electron chi connectivity index (χ0n) is 45.0. The summed E-state index contributed by atoms with van der Waals surface area (Å²) in [6.07, 6.45) is 5.00. The molecule has 4 heterocycles. The molecule has 0 fully saturated rings. The Bertz CT molecular complexity index is 4480. The number of fused-ring (bicyclic) bond motifs is 12. The highest BCUT2D eigenvalue weighted by Crippen LogP contribution is 2.59. The Morgan fingerprint density at radius 3 is 1.55 bits per heavy atom. The van der Waals surface area contributed by atoms with Gasteiger partial charge in [-0.2, -0.15) is 0 Å². The van der Waals surface area contributed by atoms with Gasteiger partial charge in [0.2, 0.25) is 0 Å². The molecule has 376 valence electrons. The van der Waals surface area contributed by atoms with E-state index in [1.54, 1.807) is 0 Å². The molecule has 4 heteroatoms. The van der Waals surface area contributed by atoms with Crippen LogP contribution in [-0.4, -0.2) is 15.0 Å². The first-order valence-corrected chi connectivity index (χ1v) is 27.7. The predicted molar refractivity (Wildman–Crippen MR) is 331 cm³/mol. The van der Waals surface area contributed by atoms with Crippen LogP contribution >= 0.6 is 0 Å². The lowest BCUT2D eigenvalue weighted by molar-refractivity contribution is 0.590. The van der Waals surface area contributed by atoms with Gasteiger partial charge in [0.05, 0.1) is 39.7 Å². The van der Waals surface area contributed by atoms with E-state index >= 15 is 0 Å². The number of para-hydroxylation sites is 4. The lowest BCUT2D eigenvalue weighted by atomic mass is 9.81. The Morgan fingerprint density at radius 1 is 0.410 bits per heavy atom. The van der Waals surface area contributed by atoms with Crippen molar-refractivity contribution in [3.8, 4) is 27.9 Å². The number of anilines is 5. The average molecular weight is 1010 g/mol. The van der Waals surface area contributed by atoms with E-state index in [4.69, 9.17) is 0 Å². The van der Waals surface area contributed by atoms with Gasteiger partial charge in [0.1, 0.15) is 0 Å². The third-order valence-corrected chi connectivity index (χ3v) is 17.1. The lowest BCUT2D eigenvalue weighted by Crippen LogP contribution is -2.36. The molecule has 0 spiro atoms. The number of rotatable bonds is 8. The quantitative estimate of drug-likeness (QED) is 0.151. The summed E-state index contributed by atoms with van der Waals surface area (Å²) in [5.41, 5.74) is 23.5.